The first-order chi connectivity index (χ1) is 16.5. The van der Waals surface area contributed by atoms with Gasteiger partial charge >= 0.3 is 0 Å². The standard InChI is InChI=1S/C25H30N4O5/c1-32-21-14-23(34-3)22(33-2)13-18(21)15-26-24(30)16-28-8-10-29(11-9-28)25(31)20-12-17-6-4-5-7-19(17)27-20/h4-7,12-14,27H,8-11,15-16H2,1-3H3,(H,26,30). The molecule has 2 N–H and O–H groups in total. The summed E-state index contributed by atoms with van der Waals surface area (Å²) >= 11 is 0. The van der Waals surface area contributed by atoms with Crippen molar-refractivity contribution in [2.24, 2.45) is 0 Å². The maximum atomic E-state index is 12.9. The molecule has 180 valence electrons. The third-order valence-corrected chi connectivity index (χ3v) is 6.05. The van der Waals surface area contributed by atoms with Crippen LogP contribution >= 0.6 is 0 Å². The van der Waals surface area contributed by atoms with E-state index in [9.17, 15) is 9.59 Å². The van der Waals surface area contributed by atoms with Crippen LogP contribution in [0.25, 0.3) is 10.9 Å². The van der Waals surface area contributed by atoms with Gasteiger partial charge in [0.1, 0.15) is 11.4 Å². The third-order valence-electron chi connectivity index (χ3n) is 6.05. The number of amides is 2. The molecule has 1 aromatic heterocycles. The molecular formula is C25H30N4O5. The highest BCUT2D eigenvalue weighted by Gasteiger charge is 2.24. The van der Waals surface area contributed by atoms with Crippen LogP contribution < -0.4 is 19.5 Å². The summed E-state index contributed by atoms with van der Waals surface area (Å²) in [5.74, 6) is 1.65. The number of benzene rings is 2. The van der Waals surface area contributed by atoms with Gasteiger partial charge < -0.3 is 29.4 Å². The predicted molar refractivity (Wildman–Crippen MR) is 129 cm³/mol. The molecule has 9 heteroatoms. The molecular weight excluding hydrogens is 436 g/mol. The smallest absolute Gasteiger partial charge is 0.270 e. The van der Waals surface area contributed by atoms with Gasteiger partial charge in [0.25, 0.3) is 5.91 Å². The zero-order valence-electron chi connectivity index (χ0n) is 19.7. The molecule has 34 heavy (non-hydrogen) atoms. The van der Waals surface area contributed by atoms with Gasteiger partial charge in [-0.3, -0.25) is 14.5 Å². The summed E-state index contributed by atoms with van der Waals surface area (Å²) in [5, 5.41) is 3.96. The molecule has 0 unspecified atom stereocenters. The molecule has 0 bridgehead atoms. The van der Waals surface area contributed by atoms with Crippen LogP contribution in [-0.4, -0.2) is 80.7 Å². The van der Waals surface area contributed by atoms with Crippen LogP contribution in [0.2, 0.25) is 0 Å². The summed E-state index contributed by atoms with van der Waals surface area (Å²) in [6.45, 7) is 3.00. The number of hydrogen-bond acceptors (Lipinski definition) is 6. The molecule has 0 spiro atoms. The number of para-hydroxylation sites is 1. The Bertz CT molecular complexity index is 1130. The average molecular weight is 467 g/mol. The van der Waals surface area contributed by atoms with Gasteiger partial charge in [-0.25, -0.2) is 0 Å². The second-order valence-electron chi connectivity index (χ2n) is 8.13. The summed E-state index contributed by atoms with van der Waals surface area (Å²) in [6, 6.07) is 13.3. The van der Waals surface area contributed by atoms with Crippen molar-refractivity contribution in [1.82, 2.24) is 20.1 Å². The fourth-order valence-electron chi connectivity index (χ4n) is 4.15. The minimum absolute atomic E-state index is 0.0131. The number of hydrogen-bond donors (Lipinski definition) is 2. The van der Waals surface area contributed by atoms with Gasteiger partial charge in [-0.05, 0) is 18.2 Å². The molecule has 1 fully saturated rings. The zero-order chi connectivity index (χ0) is 24.1. The lowest BCUT2D eigenvalue weighted by Crippen LogP contribution is -2.51. The number of carbonyl (C=O) groups excluding carboxylic acids is 2. The number of fused-ring (bicyclic) bond motifs is 1. The molecule has 1 aliphatic heterocycles. The maximum Gasteiger partial charge on any atom is 0.270 e. The molecule has 0 saturated carbocycles. The van der Waals surface area contributed by atoms with E-state index in [2.05, 4.69) is 15.2 Å². The Morgan fingerprint density at radius 2 is 1.59 bits per heavy atom. The van der Waals surface area contributed by atoms with E-state index >= 15 is 0 Å². The highest BCUT2D eigenvalue weighted by atomic mass is 16.5. The number of rotatable bonds is 8. The van der Waals surface area contributed by atoms with Crippen LogP contribution in [0.15, 0.2) is 42.5 Å². The summed E-state index contributed by atoms with van der Waals surface area (Å²) in [5.41, 5.74) is 2.34. The number of aromatic nitrogens is 1. The lowest BCUT2D eigenvalue weighted by Gasteiger charge is -2.34. The van der Waals surface area contributed by atoms with E-state index < -0.39 is 0 Å². The van der Waals surface area contributed by atoms with Crippen molar-refractivity contribution in [2.75, 3.05) is 54.1 Å². The molecule has 0 radical (unpaired) electrons. The molecule has 2 heterocycles. The Morgan fingerprint density at radius 1 is 0.912 bits per heavy atom. The number of carbonyl (C=O) groups is 2. The first kappa shape index (κ1) is 23.4. The quantitative estimate of drug-likeness (QED) is 0.529. The Labute approximate surface area is 198 Å². The van der Waals surface area contributed by atoms with E-state index in [1.54, 1.807) is 33.5 Å². The summed E-state index contributed by atoms with van der Waals surface area (Å²) in [6.07, 6.45) is 0. The van der Waals surface area contributed by atoms with Gasteiger partial charge in [-0.2, -0.15) is 0 Å². The monoisotopic (exact) mass is 466 g/mol. The fraction of sp³-hybridized carbons (Fsp3) is 0.360. The van der Waals surface area contributed by atoms with Gasteiger partial charge in [0.2, 0.25) is 5.91 Å². The number of nitrogens with one attached hydrogen (secondary N) is 2. The average Bonchev–Trinajstić information content (AvgIpc) is 3.31. The lowest BCUT2D eigenvalue weighted by molar-refractivity contribution is -0.122. The van der Waals surface area contributed by atoms with Crippen molar-refractivity contribution in [3.63, 3.8) is 0 Å². The number of aromatic amines is 1. The predicted octanol–water partition coefficient (Wildman–Crippen LogP) is 2.27. The van der Waals surface area contributed by atoms with Gasteiger partial charge in [0.05, 0.1) is 27.9 Å². The molecule has 4 rings (SSSR count). The Hall–Kier alpha value is -3.72. The normalized spacial score (nSPS) is 14.1. The van der Waals surface area contributed by atoms with E-state index in [-0.39, 0.29) is 18.4 Å². The van der Waals surface area contributed by atoms with Crippen LogP contribution in [0.5, 0.6) is 17.2 Å². The molecule has 3 aromatic rings. The topological polar surface area (TPSA) is 96.1 Å². The van der Waals surface area contributed by atoms with Crippen molar-refractivity contribution in [3.05, 3.63) is 53.7 Å². The first-order valence-corrected chi connectivity index (χ1v) is 11.2. The SMILES string of the molecule is COc1cc(OC)c(OC)cc1CNC(=O)CN1CCN(C(=O)c2cc3ccccc3[nH]2)CC1. The van der Waals surface area contributed by atoms with Gasteiger partial charge in [-0.15, -0.1) is 0 Å². The number of piperazine rings is 1. The van der Waals surface area contributed by atoms with Crippen molar-refractivity contribution in [2.45, 2.75) is 6.54 Å². The first-order valence-electron chi connectivity index (χ1n) is 11.2. The van der Waals surface area contributed by atoms with E-state index in [1.165, 1.54) is 0 Å². The zero-order valence-corrected chi connectivity index (χ0v) is 19.7. The Morgan fingerprint density at radius 3 is 2.26 bits per heavy atom. The Kier molecular flexibility index (Phi) is 7.22. The van der Waals surface area contributed by atoms with Crippen LogP contribution in [0.3, 0.4) is 0 Å². The van der Waals surface area contributed by atoms with Crippen molar-refractivity contribution < 1.29 is 23.8 Å². The number of ether oxygens (including phenoxy) is 3. The largest absolute Gasteiger partial charge is 0.496 e. The minimum Gasteiger partial charge on any atom is -0.496 e. The van der Waals surface area contributed by atoms with Crippen LogP contribution in [0, 0.1) is 0 Å². The molecule has 0 atom stereocenters. The Balaban J connectivity index is 1.28. The van der Waals surface area contributed by atoms with Crippen molar-refractivity contribution in [3.8, 4) is 17.2 Å². The molecule has 0 aliphatic carbocycles. The van der Waals surface area contributed by atoms with Gasteiger partial charge in [0, 0.05) is 55.3 Å². The van der Waals surface area contributed by atoms with E-state index in [0.29, 0.717) is 55.7 Å². The maximum absolute atomic E-state index is 12.9. The lowest BCUT2D eigenvalue weighted by atomic mass is 10.1. The minimum atomic E-state index is -0.0905. The van der Waals surface area contributed by atoms with Gasteiger partial charge in [0.15, 0.2) is 11.5 Å². The second kappa shape index (κ2) is 10.5. The van der Waals surface area contributed by atoms with Crippen LogP contribution in [0.4, 0.5) is 0 Å². The third kappa shape index (κ3) is 5.09. The summed E-state index contributed by atoms with van der Waals surface area (Å²) < 4.78 is 16.1. The number of nitrogens with zero attached hydrogens (tertiary/aromatic N) is 2. The fourth-order valence-corrected chi connectivity index (χ4v) is 4.15. The van der Waals surface area contributed by atoms with E-state index in [4.69, 9.17) is 14.2 Å². The van der Waals surface area contributed by atoms with Crippen LogP contribution in [-0.2, 0) is 11.3 Å². The highest BCUT2D eigenvalue weighted by molar-refractivity contribution is 5.98. The second-order valence-corrected chi connectivity index (χ2v) is 8.13. The van der Waals surface area contributed by atoms with E-state index in [1.807, 2.05) is 35.2 Å². The number of methoxy groups -OCH3 is 3. The number of H-pyrrole nitrogens is 1. The summed E-state index contributed by atoms with van der Waals surface area (Å²) in [4.78, 5) is 32.5. The molecule has 2 amide bonds. The van der Waals surface area contributed by atoms with Crippen molar-refractivity contribution in [1.29, 1.82) is 0 Å². The van der Waals surface area contributed by atoms with Crippen molar-refractivity contribution >= 4 is 22.7 Å². The molecule has 2 aromatic carbocycles. The molecule has 1 saturated heterocycles. The highest BCUT2D eigenvalue weighted by Crippen LogP contribution is 2.34. The van der Waals surface area contributed by atoms with Gasteiger partial charge in [-0.1, -0.05) is 18.2 Å². The molecule has 1 aliphatic rings. The molecule has 9 nitrogen and oxygen atoms in total. The summed E-state index contributed by atoms with van der Waals surface area (Å²) in [7, 11) is 4.70. The van der Waals surface area contributed by atoms with E-state index in [0.717, 1.165) is 16.5 Å². The van der Waals surface area contributed by atoms with Crippen LogP contribution in [0.1, 0.15) is 16.1 Å².